The second-order valence-corrected chi connectivity index (χ2v) is 12.2. The van der Waals surface area contributed by atoms with Gasteiger partial charge in [-0.05, 0) is 88.5 Å². The fourth-order valence-corrected chi connectivity index (χ4v) is 6.29. The number of tetrazole rings is 1. The lowest BCUT2D eigenvalue weighted by Gasteiger charge is -2.19. The van der Waals surface area contributed by atoms with Gasteiger partial charge < -0.3 is 10.1 Å². The fourth-order valence-electron chi connectivity index (χ4n) is 5.59. The molecule has 2 N–H and O–H groups in total. The van der Waals surface area contributed by atoms with E-state index in [-0.39, 0.29) is 17.9 Å². The van der Waals surface area contributed by atoms with Gasteiger partial charge in [0, 0.05) is 40.4 Å². The molecule has 6 rings (SSSR count). The minimum atomic E-state index is -0.534. The van der Waals surface area contributed by atoms with Crippen molar-refractivity contribution in [3.63, 3.8) is 0 Å². The Hall–Kier alpha value is -5.07. The van der Waals surface area contributed by atoms with Gasteiger partial charge in [0.15, 0.2) is 0 Å². The van der Waals surface area contributed by atoms with Crippen molar-refractivity contribution in [1.29, 1.82) is 0 Å². The van der Waals surface area contributed by atoms with Crippen molar-refractivity contribution in [3.05, 3.63) is 113 Å². The van der Waals surface area contributed by atoms with E-state index in [1.54, 1.807) is 24.3 Å². The Kier molecular flexibility index (Phi) is 9.89. The molecule has 0 spiro atoms. The predicted octanol–water partition coefficient (Wildman–Crippen LogP) is 6.22. The van der Waals surface area contributed by atoms with Gasteiger partial charge in [0.05, 0.1) is 18.5 Å². The van der Waals surface area contributed by atoms with Crippen LogP contribution < -0.4 is 10.6 Å². The number of hydrogen-bond acceptors (Lipinski definition) is 9. The lowest BCUT2D eigenvalue weighted by atomic mass is 9.99. The van der Waals surface area contributed by atoms with Crippen LogP contribution in [0.2, 0.25) is 5.02 Å². The lowest BCUT2D eigenvalue weighted by molar-refractivity contribution is -0.117. The first-order chi connectivity index (χ1) is 22.9. The number of methoxy groups -OCH3 is 1. The number of anilines is 1. The molecule has 1 fully saturated rings. The van der Waals surface area contributed by atoms with Crippen molar-refractivity contribution >= 4 is 47.1 Å². The van der Waals surface area contributed by atoms with E-state index in [1.807, 2.05) is 54.8 Å². The summed E-state index contributed by atoms with van der Waals surface area (Å²) in [5.74, 6) is 0.323. The van der Waals surface area contributed by atoms with Gasteiger partial charge in [0.25, 0.3) is 0 Å². The Morgan fingerprint density at radius 1 is 1.09 bits per heavy atom. The van der Waals surface area contributed by atoms with Gasteiger partial charge >= 0.3 is 6.09 Å². The number of halogens is 1. The number of aromatic nitrogens is 6. The summed E-state index contributed by atoms with van der Waals surface area (Å²) in [4.78, 5) is 25.1. The summed E-state index contributed by atoms with van der Waals surface area (Å²) in [6.07, 6.45) is 7.57. The van der Waals surface area contributed by atoms with E-state index in [1.165, 1.54) is 41.5 Å². The zero-order valence-corrected chi connectivity index (χ0v) is 27.2. The standard InChI is InChI=1S/C34H31ClN8O3S/c1-46-34(45)37-25-12-8-22(9-13-25)28-17-26(39-40-33(28)47-2)18-30(29-19-27(29)21-6-4-3-5-7-21)38-32(44)15-10-23-16-24(35)11-14-31(23)43-20-36-41-42-43/h3-17,20,27,29-30H,18-19H2,1-2H3,(H,37,45)(H,38,44)/b15-10+/t27-,29?,30?/m0/s1. The molecule has 1 aliphatic carbocycles. The molecule has 2 unspecified atom stereocenters. The number of ether oxygens (including phenoxy) is 1. The van der Waals surface area contributed by atoms with Crippen LogP contribution in [0.1, 0.15) is 29.2 Å². The SMILES string of the molecule is COC(=O)Nc1ccc(-c2cc(CC(NC(=O)/C=C/c3cc(Cl)ccc3-n3cnnn3)C3C[C@H]3c3ccccc3)nnc2SC)cc1. The third-order valence-electron chi connectivity index (χ3n) is 7.97. The zero-order chi connectivity index (χ0) is 32.8. The van der Waals surface area contributed by atoms with Crippen LogP contribution in [0.4, 0.5) is 10.5 Å². The number of nitrogens with zero attached hydrogens (tertiary/aromatic N) is 6. The van der Waals surface area contributed by atoms with Gasteiger partial charge in [-0.2, -0.15) is 9.78 Å². The number of amides is 2. The normalized spacial score (nSPS) is 16.1. The van der Waals surface area contributed by atoms with Crippen LogP contribution in [-0.4, -0.2) is 61.8 Å². The molecule has 0 bridgehead atoms. The first kappa shape index (κ1) is 31.9. The Morgan fingerprint density at radius 3 is 2.62 bits per heavy atom. The average molecular weight is 667 g/mol. The van der Waals surface area contributed by atoms with Crippen molar-refractivity contribution in [2.45, 2.75) is 29.8 Å². The van der Waals surface area contributed by atoms with E-state index in [0.717, 1.165) is 28.3 Å². The van der Waals surface area contributed by atoms with Crippen LogP contribution in [0.3, 0.4) is 0 Å². The summed E-state index contributed by atoms with van der Waals surface area (Å²) in [7, 11) is 1.32. The molecule has 238 valence electrons. The van der Waals surface area contributed by atoms with Crippen LogP contribution in [0.15, 0.2) is 96.3 Å². The van der Waals surface area contributed by atoms with E-state index >= 15 is 0 Å². The van der Waals surface area contributed by atoms with Crippen molar-refractivity contribution in [2.75, 3.05) is 18.7 Å². The number of hydrogen-bond donors (Lipinski definition) is 2. The maximum atomic E-state index is 13.4. The summed E-state index contributed by atoms with van der Waals surface area (Å²) in [6.45, 7) is 0. The number of rotatable bonds is 11. The molecule has 2 heterocycles. The molecule has 2 aromatic heterocycles. The highest BCUT2D eigenvalue weighted by Gasteiger charge is 2.44. The highest BCUT2D eigenvalue weighted by molar-refractivity contribution is 7.98. The molecule has 3 aromatic carbocycles. The van der Waals surface area contributed by atoms with E-state index in [0.29, 0.717) is 34.3 Å². The number of carbonyl (C=O) groups excluding carboxylic acids is 2. The van der Waals surface area contributed by atoms with Gasteiger partial charge in [-0.1, -0.05) is 54.1 Å². The van der Waals surface area contributed by atoms with Crippen LogP contribution in [0.25, 0.3) is 22.9 Å². The van der Waals surface area contributed by atoms with E-state index < -0.39 is 6.09 Å². The third kappa shape index (κ3) is 7.84. The zero-order valence-electron chi connectivity index (χ0n) is 25.6. The smallest absolute Gasteiger partial charge is 0.411 e. The summed E-state index contributed by atoms with van der Waals surface area (Å²) in [5.41, 5.74) is 5.87. The quantitative estimate of drug-likeness (QED) is 0.124. The van der Waals surface area contributed by atoms with E-state index in [9.17, 15) is 9.59 Å². The molecule has 47 heavy (non-hydrogen) atoms. The monoisotopic (exact) mass is 666 g/mol. The first-order valence-electron chi connectivity index (χ1n) is 14.8. The number of thioether (sulfide) groups is 1. The largest absolute Gasteiger partial charge is 0.453 e. The molecule has 1 saturated carbocycles. The molecular formula is C34H31ClN8O3S. The minimum Gasteiger partial charge on any atom is -0.453 e. The molecular weight excluding hydrogens is 636 g/mol. The maximum Gasteiger partial charge on any atom is 0.411 e. The molecule has 1 aliphatic rings. The summed E-state index contributed by atoms with van der Waals surface area (Å²) in [5, 5.41) is 27.7. The number of nitrogens with one attached hydrogen (secondary N) is 2. The van der Waals surface area contributed by atoms with Crippen molar-refractivity contribution in [1.82, 2.24) is 35.7 Å². The highest BCUT2D eigenvalue weighted by atomic mass is 35.5. The molecule has 11 nitrogen and oxygen atoms in total. The molecule has 2 amide bonds. The van der Waals surface area contributed by atoms with Gasteiger partial charge in [-0.25, -0.2) is 4.79 Å². The Bertz CT molecular complexity index is 1890. The van der Waals surface area contributed by atoms with E-state index in [4.69, 9.17) is 11.6 Å². The Labute approximate surface area is 280 Å². The van der Waals surface area contributed by atoms with Crippen LogP contribution in [0, 0.1) is 5.92 Å². The molecule has 0 aliphatic heterocycles. The van der Waals surface area contributed by atoms with Crippen molar-refractivity contribution in [2.24, 2.45) is 5.92 Å². The van der Waals surface area contributed by atoms with Gasteiger partial charge in [0.2, 0.25) is 5.91 Å². The average Bonchev–Trinajstić information content (AvgIpc) is 3.72. The van der Waals surface area contributed by atoms with Gasteiger partial charge in [0.1, 0.15) is 11.4 Å². The number of carbonyl (C=O) groups is 2. The third-order valence-corrected chi connectivity index (χ3v) is 8.90. The molecule has 0 saturated heterocycles. The topological polar surface area (TPSA) is 137 Å². The minimum absolute atomic E-state index is 0.190. The lowest BCUT2D eigenvalue weighted by Crippen LogP contribution is -2.37. The van der Waals surface area contributed by atoms with Crippen molar-refractivity contribution in [3.8, 4) is 16.8 Å². The number of benzene rings is 3. The fraction of sp³-hybridized carbons (Fsp3) is 0.206. The molecule has 5 aromatic rings. The van der Waals surface area contributed by atoms with E-state index in [2.05, 4.69) is 53.2 Å². The predicted molar refractivity (Wildman–Crippen MR) is 181 cm³/mol. The summed E-state index contributed by atoms with van der Waals surface area (Å²) < 4.78 is 6.21. The Balaban J connectivity index is 1.24. The van der Waals surface area contributed by atoms with Crippen LogP contribution in [-0.2, 0) is 16.0 Å². The van der Waals surface area contributed by atoms with Gasteiger partial charge in [-0.15, -0.1) is 22.0 Å². The van der Waals surface area contributed by atoms with Crippen LogP contribution >= 0.6 is 23.4 Å². The van der Waals surface area contributed by atoms with Gasteiger partial charge in [-0.3, -0.25) is 10.1 Å². The molecule has 3 atom stereocenters. The first-order valence-corrected chi connectivity index (χ1v) is 16.4. The summed E-state index contributed by atoms with van der Waals surface area (Å²) in [6, 6.07) is 24.9. The Morgan fingerprint density at radius 2 is 1.89 bits per heavy atom. The van der Waals surface area contributed by atoms with Crippen molar-refractivity contribution < 1.29 is 14.3 Å². The van der Waals surface area contributed by atoms with Crippen LogP contribution in [0.5, 0.6) is 0 Å². The molecule has 0 radical (unpaired) electrons. The summed E-state index contributed by atoms with van der Waals surface area (Å²) >= 11 is 7.78. The highest BCUT2D eigenvalue weighted by Crippen LogP contribution is 2.50. The molecule has 13 heteroatoms. The second kappa shape index (κ2) is 14.6. The second-order valence-electron chi connectivity index (χ2n) is 11.0. The maximum absolute atomic E-state index is 13.4.